The summed E-state index contributed by atoms with van der Waals surface area (Å²) in [5.41, 5.74) is 0. The van der Waals surface area contributed by atoms with Crippen molar-refractivity contribution in [2.45, 2.75) is 0 Å². The zero-order chi connectivity index (χ0) is 2.00. The van der Waals surface area contributed by atoms with E-state index < -0.39 is 0 Å². The molecule has 0 saturated carbocycles. The molecular weight excluding hydrogens is 206 g/mol. The molecule has 0 aromatic heterocycles. The van der Waals surface area contributed by atoms with Gasteiger partial charge in [0.1, 0.15) is 0 Å². The van der Waals surface area contributed by atoms with Gasteiger partial charge in [-0.15, -0.1) is 0 Å². The van der Waals surface area contributed by atoms with Gasteiger partial charge in [-0.1, -0.05) is 0 Å². The molecule has 0 aliphatic carbocycles. The summed E-state index contributed by atoms with van der Waals surface area (Å²) in [7, 11) is 0. The SMILES string of the molecule is N.OCl.[Ce]. The summed E-state index contributed by atoms with van der Waals surface area (Å²) in [5, 5.41) is 0. The summed E-state index contributed by atoms with van der Waals surface area (Å²) in [6.45, 7) is 0. The van der Waals surface area contributed by atoms with Crippen LogP contribution >= 0.6 is 11.9 Å². The van der Waals surface area contributed by atoms with Crippen LogP contribution in [0.15, 0.2) is 0 Å². The normalized spacial score (nSPS) is 1.50. The third-order valence-corrected chi connectivity index (χ3v) is 0. The van der Waals surface area contributed by atoms with Crippen molar-refractivity contribution >= 4 is 11.9 Å². The van der Waals surface area contributed by atoms with Crippen LogP contribution in [0.1, 0.15) is 0 Å². The minimum Gasteiger partial charge on any atom is -0.344 e. The maximum absolute atomic E-state index is 6.47. The van der Waals surface area contributed by atoms with Gasteiger partial charge in [0.2, 0.25) is 0 Å². The quantitative estimate of drug-likeness (QED) is 0.603. The van der Waals surface area contributed by atoms with Crippen LogP contribution in [0.5, 0.6) is 0 Å². The van der Waals surface area contributed by atoms with Crippen molar-refractivity contribution in [3.63, 3.8) is 0 Å². The topological polar surface area (TPSA) is 55.2 Å². The molecule has 0 heterocycles. The average Bonchev–Trinajstić information content (AvgIpc) is 1.00. The van der Waals surface area contributed by atoms with E-state index in [0.717, 1.165) is 0 Å². The van der Waals surface area contributed by atoms with E-state index in [1.54, 1.807) is 0 Å². The van der Waals surface area contributed by atoms with Crippen LogP contribution in [0.25, 0.3) is 0 Å². The molecule has 0 rings (SSSR count). The van der Waals surface area contributed by atoms with Gasteiger partial charge < -0.3 is 6.15 Å². The number of rotatable bonds is 0. The Kier molecular flexibility index (Phi) is 103. The van der Waals surface area contributed by atoms with Gasteiger partial charge in [-0.2, -0.15) is 0 Å². The molecule has 0 aliphatic heterocycles. The van der Waals surface area contributed by atoms with Crippen molar-refractivity contribution in [1.82, 2.24) is 6.15 Å². The van der Waals surface area contributed by atoms with E-state index in [4.69, 9.17) is 4.66 Å². The summed E-state index contributed by atoms with van der Waals surface area (Å²) < 4.78 is 6.47. The first kappa shape index (κ1) is 17.6. The van der Waals surface area contributed by atoms with Gasteiger partial charge in [-0.3, -0.25) is 4.66 Å². The van der Waals surface area contributed by atoms with Gasteiger partial charge in [0.05, 0.1) is 11.9 Å². The molecule has 0 amide bonds. The molecule has 0 spiro atoms. The van der Waals surface area contributed by atoms with E-state index in [1.165, 1.54) is 0 Å². The molecule has 0 radical (unpaired) electrons. The van der Waals surface area contributed by atoms with Crippen LogP contribution in [0, 0.1) is 41.7 Å². The van der Waals surface area contributed by atoms with E-state index in [1.807, 2.05) is 0 Å². The fourth-order valence-corrected chi connectivity index (χ4v) is 0. The second-order valence-electron chi connectivity index (χ2n) is 0. The van der Waals surface area contributed by atoms with Crippen LogP contribution in [0.3, 0.4) is 0 Å². The minimum absolute atomic E-state index is 0. The first-order chi connectivity index (χ1) is 1.00. The van der Waals surface area contributed by atoms with Crippen LogP contribution in [-0.2, 0) is 0 Å². The molecule has 4 heavy (non-hydrogen) atoms. The van der Waals surface area contributed by atoms with Crippen molar-refractivity contribution < 1.29 is 46.4 Å². The summed E-state index contributed by atoms with van der Waals surface area (Å²) in [6.07, 6.45) is 0. The Hall–Kier alpha value is 1.59. The molecule has 0 aromatic rings. The Morgan fingerprint density at radius 3 is 1.25 bits per heavy atom. The van der Waals surface area contributed by atoms with Crippen LogP contribution < -0.4 is 6.15 Å². The van der Waals surface area contributed by atoms with Crippen LogP contribution in [0.2, 0.25) is 0 Å². The predicted octanol–water partition coefficient (Wildman–Crippen LogP) is 0.295. The third-order valence-electron chi connectivity index (χ3n) is 0. The van der Waals surface area contributed by atoms with Gasteiger partial charge in [0.15, 0.2) is 0 Å². The molecule has 0 atom stereocenters. The van der Waals surface area contributed by atoms with Gasteiger partial charge in [-0.05, 0) is 0 Å². The standard InChI is InChI=1S/Ce.ClHO.H3N/c;1-2;/h;2H;1H3. The van der Waals surface area contributed by atoms with Gasteiger partial charge >= 0.3 is 0 Å². The fraction of sp³-hybridized carbons (Fsp3) is 0. The molecule has 4 heteroatoms. The summed E-state index contributed by atoms with van der Waals surface area (Å²) in [4.78, 5) is 0. The Labute approximate surface area is 63.7 Å². The number of hydrogen-bond acceptors (Lipinski definition) is 2. The molecule has 26 valence electrons. The molecule has 0 fully saturated rings. The molecular formula is H4CeClNO. The van der Waals surface area contributed by atoms with Crippen LogP contribution in [-0.4, -0.2) is 4.66 Å². The molecule has 0 bridgehead atoms. The van der Waals surface area contributed by atoms with Crippen molar-refractivity contribution in [1.29, 1.82) is 0 Å². The van der Waals surface area contributed by atoms with Crippen molar-refractivity contribution in [3.8, 4) is 0 Å². The fourth-order valence-electron chi connectivity index (χ4n) is 0. The molecule has 2 nitrogen and oxygen atoms in total. The Morgan fingerprint density at radius 1 is 1.25 bits per heavy atom. The van der Waals surface area contributed by atoms with Gasteiger partial charge in [-0.25, -0.2) is 0 Å². The van der Waals surface area contributed by atoms with E-state index >= 15 is 0 Å². The van der Waals surface area contributed by atoms with Crippen LogP contribution in [0.4, 0.5) is 0 Å². The van der Waals surface area contributed by atoms with E-state index in [9.17, 15) is 0 Å². The summed E-state index contributed by atoms with van der Waals surface area (Å²) in [6, 6.07) is 0. The Balaban J connectivity index is -0.00000000500. The smallest absolute Gasteiger partial charge is 0.0579 e. The second-order valence-corrected chi connectivity index (χ2v) is 0. The third kappa shape index (κ3) is 9.53. The summed E-state index contributed by atoms with van der Waals surface area (Å²) in [5.74, 6) is 0. The monoisotopic (exact) mass is 209 g/mol. The van der Waals surface area contributed by atoms with Crippen molar-refractivity contribution in [2.24, 2.45) is 0 Å². The largest absolute Gasteiger partial charge is 0.344 e. The Bertz CT molecular complexity index is 8.00. The second kappa shape index (κ2) is 23.4. The number of hydrogen-bond donors (Lipinski definition) is 2. The number of halogens is 1. The van der Waals surface area contributed by atoms with Gasteiger partial charge in [0, 0.05) is 41.7 Å². The average molecular weight is 210 g/mol. The maximum atomic E-state index is 6.47. The first-order valence-corrected chi connectivity index (χ1v) is 0.507. The first-order valence-electron chi connectivity index (χ1n) is 0.169. The van der Waals surface area contributed by atoms with E-state index in [2.05, 4.69) is 11.9 Å². The van der Waals surface area contributed by atoms with Crippen molar-refractivity contribution in [2.75, 3.05) is 0 Å². The molecule has 4 N–H and O–H groups in total. The van der Waals surface area contributed by atoms with Gasteiger partial charge in [0.25, 0.3) is 0 Å². The van der Waals surface area contributed by atoms with Crippen molar-refractivity contribution in [3.05, 3.63) is 0 Å². The minimum atomic E-state index is 0. The van der Waals surface area contributed by atoms with E-state index in [-0.39, 0.29) is 47.9 Å². The molecule has 0 saturated heterocycles. The predicted molar refractivity (Wildman–Crippen MR) is 13.1 cm³/mol. The zero-order valence-corrected chi connectivity index (χ0v) is 5.93. The maximum Gasteiger partial charge on any atom is 0.0579 e. The summed E-state index contributed by atoms with van der Waals surface area (Å²) >= 11 is 3.64. The van der Waals surface area contributed by atoms with E-state index in [0.29, 0.717) is 0 Å². The molecule has 0 unspecified atom stereocenters. The molecule has 0 aliphatic rings. The Morgan fingerprint density at radius 2 is 1.25 bits per heavy atom. The molecule has 0 aromatic carbocycles. The zero-order valence-electron chi connectivity index (χ0n) is 2.03.